The van der Waals surface area contributed by atoms with E-state index < -0.39 is 11.7 Å². The van der Waals surface area contributed by atoms with Crippen molar-refractivity contribution in [3.8, 4) is 12.3 Å². The number of anilines is 5. The molecule has 0 saturated carbocycles. The van der Waals surface area contributed by atoms with Gasteiger partial charge in [0.25, 0.3) is 5.91 Å². The molecule has 10 heteroatoms. The average molecular weight is 535 g/mol. The molecule has 0 aliphatic carbocycles. The maximum absolute atomic E-state index is 14.7. The number of carbonyl (C=O) groups excluding carboxylic acids is 2. The first kappa shape index (κ1) is 26.9. The third kappa shape index (κ3) is 5.71. The van der Waals surface area contributed by atoms with Gasteiger partial charge in [0, 0.05) is 24.8 Å². The highest BCUT2D eigenvalue weighted by atomic mass is 35.5. The van der Waals surface area contributed by atoms with Gasteiger partial charge in [-0.15, -0.1) is 6.42 Å². The maximum atomic E-state index is 14.7. The lowest BCUT2D eigenvalue weighted by atomic mass is 9.80. The van der Waals surface area contributed by atoms with E-state index in [9.17, 15) is 14.0 Å². The number of terminal acetylenes is 1. The number of hydrogen-bond acceptors (Lipinski definition) is 6. The highest BCUT2D eigenvalue weighted by molar-refractivity contribution is 6.33. The monoisotopic (exact) mass is 534 g/mol. The van der Waals surface area contributed by atoms with Crippen LogP contribution < -0.4 is 20.9 Å². The topological polar surface area (TPSA) is 99.2 Å². The van der Waals surface area contributed by atoms with Gasteiger partial charge in [-0.3, -0.25) is 9.59 Å². The van der Waals surface area contributed by atoms with Crippen molar-refractivity contribution in [2.24, 2.45) is 0 Å². The van der Waals surface area contributed by atoms with E-state index in [0.29, 0.717) is 12.2 Å². The Morgan fingerprint density at radius 1 is 1.24 bits per heavy atom. The molecule has 1 aromatic heterocycles. The summed E-state index contributed by atoms with van der Waals surface area (Å²) in [7, 11) is 0. The summed E-state index contributed by atoms with van der Waals surface area (Å²) in [6, 6.07) is 9.91. The van der Waals surface area contributed by atoms with Crippen LogP contribution in [0.2, 0.25) is 5.02 Å². The Hall–Kier alpha value is -4.16. The third-order valence-electron chi connectivity index (χ3n) is 6.43. The van der Waals surface area contributed by atoms with Gasteiger partial charge in [-0.25, -0.2) is 9.37 Å². The first-order valence-corrected chi connectivity index (χ1v) is 12.5. The third-order valence-corrected chi connectivity index (χ3v) is 6.71. The molecule has 0 fully saturated rings. The Morgan fingerprint density at radius 2 is 2.03 bits per heavy atom. The van der Waals surface area contributed by atoms with Crippen LogP contribution in [0, 0.1) is 18.2 Å². The lowest BCUT2D eigenvalue weighted by Crippen LogP contribution is -2.29. The molecular formula is C28H28ClFN6O2. The molecule has 2 heterocycles. The van der Waals surface area contributed by atoms with E-state index in [4.69, 9.17) is 18.0 Å². The van der Waals surface area contributed by atoms with E-state index in [-0.39, 0.29) is 45.9 Å². The molecule has 3 aromatic rings. The second kappa shape index (κ2) is 11.1. The average Bonchev–Trinajstić information content (AvgIpc) is 3.00. The van der Waals surface area contributed by atoms with Crippen molar-refractivity contribution in [3.05, 3.63) is 64.6 Å². The zero-order valence-electron chi connectivity index (χ0n) is 21.4. The highest BCUT2D eigenvalue weighted by Crippen LogP contribution is 2.40. The van der Waals surface area contributed by atoms with Crippen molar-refractivity contribution >= 4 is 52.2 Å². The Kier molecular flexibility index (Phi) is 7.83. The summed E-state index contributed by atoms with van der Waals surface area (Å²) in [5, 5.41) is 8.61. The number of benzene rings is 2. The summed E-state index contributed by atoms with van der Waals surface area (Å²) in [5.74, 6) is 1.36. The predicted octanol–water partition coefficient (Wildman–Crippen LogP) is 5.54. The number of rotatable bonds is 6. The molecule has 38 heavy (non-hydrogen) atoms. The highest BCUT2D eigenvalue weighted by Gasteiger charge is 2.30. The summed E-state index contributed by atoms with van der Waals surface area (Å²) in [6.45, 7) is 6.54. The summed E-state index contributed by atoms with van der Waals surface area (Å²) in [4.78, 5) is 35.3. The summed E-state index contributed by atoms with van der Waals surface area (Å²) in [6.07, 6.45) is 8.44. The van der Waals surface area contributed by atoms with Gasteiger partial charge in [0.05, 0.1) is 24.0 Å². The lowest BCUT2D eigenvalue weighted by molar-refractivity contribution is -0.116. The Balaban J connectivity index is 1.65. The standard InChI is InChI=1S/C28H28ClFN6O2/c1-5-13-31-26(38)19-8-6-9-22(30)24(19)34-25-21(29)16-32-27(35-25)33-18-10-11-20-23(15-18)36(17(2)37)14-7-12-28(20,3)4/h1,6,8-11,15-16H,7,12-14H2,2-4H3,(H,31,38)(H2,32,33,34,35). The molecule has 0 radical (unpaired) electrons. The molecule has 1 aliphatic rings. The van der Waals surface area contributed by atoms with Crippen molar-refractivity contribution in [3.63, 3.8) is 0 Å². The van der Waals surface area contributed by atoms with E-state index in [1.807, 2.05) is 18.2 Å². The number of nitrogens with one attached hydrogen (secondary N) is 3. The fourth-order valence-corrected chi connectivity index (χ4v) is 4.63. The van der Waals surface area contributed by atoms with Crippen molar-refractivity contribution in [2.75, 3.05) is 28.6 Å². The largest absolute Gasteiger partial charge is 0.341 e. The number of para-hydroxylation sites is 1. The summed E-state index contributed by atoms with van der Waals surface area (Å²) in [5.41, 5.74) is 2.45. The molecule has 0 atom stereocenters. The van der Waals surface area contributed by atoms with Crippen LogP contribution in [0.5, 0.6) is 0 Å². The van der Waals surface area contributed by atoms with Crippen LogP contribution >= 0.6 is 11.6 Å². The minimum absolute atomic E-state index is 0.00383. The SMILES string of the molecule is C#CCNC(=O)c1cccc(F)c1Nc1nc(Nc2ccc3c(c2)N(C(C)=O)CCCC3(C)C)ncc1Cl. The second-order valence-corrected chi connectivity index (χ2v) is 9.99. The molecule has 2 aromatic carbocycles. The van der Waals surface area contributed by atoms with Gasteiger partial charge >= 0.3 is 0 Å². The lowest BCUT2D eigenvalue weighted by Gasteiger charge is -2.27. The molecule has 3 N–H and O–H groups in total. The van der Waals surface area contributed by atoms with Crippen molar-refractivity contribution in [1.82, 2.24) is 15.3 Å². The van der Waals surface area contributed by atoms with Crippen LogP contribution in [0.15, 0.2) is 42.6 Å². The number of fused-ring (bicyclic) bond motifs is 1. The van der Waals surface area contributed by atoms with Gasteiger partial charge in [-0.05, 0) is 48.1 Å². The van der Waals surface area contributed by atoms with Crippen molar-refractivity contribution < 1.29 is 14.0 Å². The van der Waals surface area contributed by atoms with Gasteiger partial charge in [-0.1, -0.05) is 43.5 Å². The zero-order chi connectivity index (χ0) is 27.4. The Labute approximate surface area is 226 Å². The zero-order valence-corrected chi connectivity index (χ0v) is 22.1. The molecule has 0 spiro atoms. The molecule has 0 saturated heterocycles. The first-order valence-electron chi connectivity index (χ1n) is 12.1. The van der Waals surface area contributed by atoms with Crippen LogP contribution in [-0.2, 0) is 10.2 Å². The fraction of sp³-hybridized carbons (Fsp3) is 0.286. The van der Waals surface area contributed by atoms with Gasteiger partial charge in [0.1, 0.15) is 10.8 Å². The number of nitrogens with zero attached hydrogens (tertiary/aromatic N) is 3. The number of carbonyl (C=O) groups is 2. The number of amides is 2. The van der Waals surface area contributed by atoms with Crippen LogP contribution in [0.3, 0.4) is 0 Å². The molecule has 2 amide bonds. The van der Waals surface area contributed by atoms with Gasteiger partial charge in [0.2, 0.25) is 11.9 Å². The number of hydrogen-bond donors (Lipinski definition) is 3. The number of halogens is 2. The fourth-order valence-electron chi connectivity index (χ4n) is 4.50. The summed E-state index contributed by atoms with van der Waals surface area (Å²) < 4.78 is 14.7. The molecule has 196 valence electrons. The van der Waals surface area contributed by atoms with E-state index in [1.54, 1.807) is 11.8 Å². The maximum Gasteiger partial charge on any atom is 0.254 e. The van der Waals surface area contributed by atoms with Crippen molar-refractivity contribution in [2.45, 2.75) is 39.0 Å². The van der Waals surface area contributed by atoms with Crippen LogP contribution in [0.4, 0.5) is 33.2 Å². The van der Waals surface area contributed by atoms with E-state index >= 15 is 0 Å². The van der Waals surface area contributed by atoms with Crippen LogP contribution in [0.1, 0.15) is 49.5 Å². The smallest absolute Gasteiger partial charge is 0.254 e. The Morgan fingerprint density at radius 3 is 2.76 bits per heavy atom. The second-order valence-electron chi connectivity index (χ2n) is 9.58. The molecule has 0 unspecified atom stereocenters. The molecular weight excluding hydrogens is 507 g/mol. The minimum atomic E-state index is -0.666. The summed E-state index contributed by atoms with van der Waals surface area (Å²) >= 11 is 6.31. The van der Waals surface area contributed by atoms with E-state index in [2.05, 4.69) is 45.7 Å². The van der Waals surface area contributed by atoms with Gasteiger partial charge in [0.15, 0.2) is 5.82 Å². The predicted molar refractivity (Wildman–Crippen MR) is 148 cm³/mol. The number of aromatic nitrogens is 2. The molecule has 8 nitrogen and oxygen atoms in total. The van der Waals surface area contributed by atoms with Crippen LogP contribution in [0.25, 0.3) is 0 Å². The van der Waals surface area contributed by atoms with Gasteiger partial charge < -0.3 is 20.9 Å². The molecule has 1 aliphatic heterocycles. The molecule has 4 rings (SSSR count). The minimum Gasteiger partial charge on any atom is -0.341 e. The van der Waals surface area contributed by atoms with E-state index in [1.165, 1.54) is 24.4 Å². The van der Waals surface area contributed by atoms with Crippen LogP contribution in [-0.4, -0.2) is 34.9 Å². The quantitative estimate of drug-likeness (QED) is 0.359. The van der Waals surface area contributed by atoms with E-state index in [0.717, 1.165) is 24.1 Å². The van der Waals surface area contributed by atoms with Gasteiger partial charge in [-0.2, -0.15) is 4.98 Å². The first-order chi connectivity index (χ1) is 18.1. The normalized spacial score (nSPS) is 14.1. The Bertz CT molecular complexity index is 1440. The van der Waals surface area contributed by atoms with Crippen molar-refractivity contribution in [1.29, 1.82) is 0 Å². The molecule has 0 bridgehead atoms.